The molecule has 2 amide bonds. The van der Waals surface area contributed by atoms with E-state index in [2.05, 4.69) is 15.8 Å². The van der Waals surface area contributed by atoms with Crippen LogP contribution in [-0.4, -0.2) is 16.8 Å². The topological polar surface area (TPSA) is 71.1 Å². The summed E-state index contributed by atoms with van der Waals surface area (Å²) >= 11 is 0. The van der Waals surface area contributed by atoms with Crippen LogP contribution in [-0.2, 0) is 0 Å². The molecular weight excluding hydrogens is 302 g/mol. The molecule has 2 N–H and O–H groups in total. The van der Waals surface area contributed by atoms with Gasteiger partial charge in [-0.25, -0.2) is 0 Å². The number of nitrogens with zero attached hydrogens (tertiary/aromatic N) is 1. The minimum atomic E-state index is -0.375. The number of amides is 2. The Hall–Kier alpha value is -3.21. The van der Waals surface area contributed by atoms with E-state index >= 15 is 0 Å². The first kappa shape index (κ1) is 15.7. The number of aromatic nitrogens is 1. The second-order valence-corrected chi connectivity index (χ2v) is 5.61. The lowest BCUT2D eigenvalue weighted by Crippen LogP contribution is -2.41. The van der Waals surface area contributed by atoms with E-state index in [1.807, 2.05) is 38.1 Å². The van der Waals surface area contributed by atoms with Gasteiger partial charge in [0.05, 0.1) is 11.1 Å². The fourth-order valence-electron chi connectivity index (χ4n) is 2.50. The highest BCUT2D eigenvalue weighted by Crippen LogP contribution is 2.19. The van der Waals surface area contributed by atoms with E-state index in [0.29, 0.717) is 11.1 Å². The second kappa shape index (κ2) is 6.50. The molecule has 0 spiro atoms. The van der Waals surface area contributed by atoms with Gasteiger partial charge in [-0.3, -0.25) is 25.4 Å². The summed E-state index contributed by atoms with van der Waals surface area (Å²) in [5.74, 6) is -0.740. The van der Waals surface area contributed by atoms with E-state index in [0.717, 1.165) is 22.2 Å². The Kier molecular flexibility index (Phi) is 4.24. The highest BCUT2D eigenvalue weighted by molar-refractivity contribution is 6.07. The van der Waals surface area contributed by atoms with Crippen molar-refractivity contribution in [3.8, 4) is 0 Å². The van der Waals surface area contributed by atoms with Gasteiger partial charge < -0.3 is 0 Å². The van der Waals surface area contributed by atoms with Gasteiger partial charge in [0.2, 0.25) is 0 Å². The van der Waals surface area contributed by atoms with Crippen LogP contribution in [0.3, 0.4) is 0 Å². The summed E-state index contributed by atoms with van der Waals surface area (Å²) in [5.41, 5.74) is 8.39. The van der Waals surface area contributed by atoms with Crippen molar-refractivity contribution in [2.75, 3.05) is 0 Å². The average molecular weight is 319 g/mol. The molecule has 3 rings (SSSR count). The summed E-state index contributed by atoms with van der Waals surface area (Å²) in [6.45, 7) is 3.79. The number of pyridine rings is 1. The number of carbonyl (C=O) groups is 2. The number of fused-ring (bicyclic) bond motifs is 1. The fraction of sp³-hybridized carbons (Fsp3) is 0.105. The molecule has 24 heavy (non-hydrogen) atoms. The zero-order chi connectivity index (χ0) is 17.1. The van der Waals surface area contributed by atoms with Gasteiger partial charge in [-0.15, -0.1) is 0 Å². The van der Waals surface area contributed by atoms with E-state index in [9.17, 15) is 9.59 Å². The van der Waals surface area contributed by atoms with Crippen LogP contribution < -0.4 is 10.9 Å². The van der Waals surface area contributed by atoms with Gasteiger partial charge >= 0.3 is 0 Å². The number of hydrogen-bond donors (Lipinski definition) is 2. The van der Waals surface area contributed by atoms with Crippen molar-refractivity contribution in [3.05, 3.63) is 77.0 Å². The monoisotopic (exact) mass is 319 g/mol. The molecule has 0 saturated carbocycles. The number of carbonyl (C=O) groups excluding carboxylic acids is 2. The average Bonchev–Trinajstić information content (AvgIpc) is 2.59. The number of hydrogen-bond acceptors (Lipinski definition) is 3. The highest BCUT2D eigenvalue weighted by atomic mass is 16.2. The lowest BCUT2D eigenvalue weighted by Gasteiger charge is -2.10. The van der Waals surface area contributed by atoms with E-state index < -0.39 is 0 Å². The summed E-state index contributed by atoms with van der Waals surface area (Å²) in [5, 5.41) is 0.757. The first-order chi connectivity index (χ1) is 11.5. The van der Waals surface area contributed by atoms with Gasteiger partial charge in [-0.2, -0.15) is 0 Å². The van der Waals surface area contributed by atoms with E-state index in [1.165, 1.54) is 0 Å². The molecule has 3 aromatic rings. The molecule has 2 aromatic carbocycles. The molecule has 0 bridgehead atoms. The SMILES string of the molecule is Cc1ccc2nc(C)cc(C(=O)NNC(=O)c3ccccc3)c2c1. The fourth-order valence-corrected chi connectivity index (χ4v) is 2.50. The maximum Gasteiger partial charge on any atom is 0.270 e. The zero-order valence-corrected chi connectivity index (χ0v) is 13.5. The summed E-state index contributed by atoms with van der Waals surface area (Å²) in [7, 11) is 0. The van der Waals surface area contributed by atoms with E-state index in [-0.39, 0.29) is 11.8 Å². The molecule has 5 nitrogen and oxygen atoms in total. The summed E-state index contributed by atoms with van der Waals surface area (Å²) in [4.78, 5) is 29.0. The molecule has 0 radical (unpaired) electrons. The molecule has 1 heterocycles. The van der Waals surface area contributed by atoms with Crippen molar-refractivity contribution in [1.29, 1.82) is 0 Å². The molecule has 0 aliphatic heterocycles. The standard InChI is InChI=1S/C19H17N3O2/c1-12-8-9-17-15(10-12)16(11-13(2)20-17)19(24)22-21-18(23)14-6-4-3-5-7-14/h3-11H,1-2H3,(H,21,23)(H,22,24). The van der Waals surface area contributed by atoms with Gasteiger partial charge in [-0.05, 0) is 44.2 Å². The quantitative estimate of drug-likeness (QED) is 0.713. The van der Waals surface area contributed by atoms with Gasteiger partial charge in [0.1, 0.15) is 0 Å². The number of rotatable bonds is 2. The van der Waals surface area contributed by atoms with E-state index in [1.54, 1.807) is 30.3 Å². The van der Waals surface area contributed by atoms with Crippen LogP contribution in [0, 0.1) is 13.8 Å². The van der Waals surface area contributed by atoms with Crippen LogP contribution in [0.4, 0.5) is 0 Å². The molecule has 0 saturated heterocycles. The van der Waals surface area contributed by atoms with Crippen molar-refractivity contribution in [2.45, 2.75) is 13.8 Å². The molecular formula is C19H17N3O2. The largest absolute Gasteiger partial charge is 0.270 e. The van der Waals surface area contributed by atoms with Crippen molar-refractivity contribution in [1.82, 2.24) is 15.8 Å². The summed E-state index contributed by atoms with van der Waals surface area (Å²) in [6, 6.07) is 16.2. The van der Waals surface area contributed by atoms with Crippen LogP contribution >= 0.6 is 0 Å². The van der Waals surface area contributed by atoms with Gasteiger partial charge in [-0.1, -0.05) is 29.8 Å². The Bertz CT molecular complexity index is 921. The Morgan fingerprint density at radius 2 is 1.58 bits per heavy atom. The molecule has 0 aliphatic rings. The molecule has 5 heteroatoms. The highest BCUT2D eigenvalue weighted by Gasteiger charge is 2.13. The predicted molar refractivity (Wildman–Crippen MR) is 92.6 cm³/mol. The Morgan fingerprint density at radius 1 is 0.875 bits per heavy atom. The number of nitrogens with one attached hydrogen (secondary N) is 2. The van der Waals surface area contributed by atoms with Crippen molar-refractivity contribution in [3.63, 3.8) is 0 Å². The number of benzene rings is 2. The molecule has 0 fully saturated rings. The van der Waals surface area contributed by atoms with Crippen LogP contribution in [0.2, 0.25) is 0 Å². The lowest BCUT2D eigenvalue weighted by atomic mass is 10.0. The third kappa shape index (κ3) is 3.25. The first-order valence-electron chi connectivity index (χ1n) is 7.58. The Labute approximate surface area is 139 Å². The maximum atomic E-state index is 12.5. The Balaban J connectivity index is 1.84. The Morgan fingerprint density at radius 3 is 2.33 bits per heavy atom. The van der Waals surface area contributed by atoms with Gasteiger partial charge in [0.25, 0.3) is 11.8 Å². The third-order valence-electron chi connectivity index (χ3n) is 3.66. The zero-order valence-electron chi connectivity index (χ0n) is 13.5. The smallest absolute Gasteiger partial charge is 0.267 e. The minimum Gasteiger partial charge on any atom is -0.267 e. The van der Waals surface area contributed by atoms with Crippen molar-refractivity contribution >= 4 is 22.7 Å². The minimum absolute atomic E-state index is 0.366. The molecule has 0 aliphatic carbocycles. The number of aryl methyl sites for hydroxylation is 2. The second-order valence-electron chi connectivity index (χ2n) is 5.61. The van der Waals surface area contributed by atoms with Crippen LogP contribution in [0.15, 0.2) is 54.6 Å². The van der Waals surface area contributed by atoms with Crippen LogP contribution in [0.1, 0.15) is 32.0 Å². The number of hydrazine groups is 1. The van der Waals surface area contributed by atoms with Crippen LogP contribution in [0.5, 0.6) is 0 Å². The molecule has 0 unspecified atom stereocenters. The first-order valence-corrected chi connectivity index (χ1v) is 7.58. The molecule has 1 aromatic heterocycles. The molecule has 120 valence electrons. The molecule has 0 atom stereocenters. The van der Waals surface area contributed by atoms with Crippen molar-refractivity contribution < 1.29 is 9.59 Å². The summed E-state index contributed by atoms with van der Waals surface area (Å²) < 4.78 is 0. The van der Waals surface area contributed by atoms with Gasteiger partial charge in [0.15, 0.2) is 0 Å². The normalized spacial score (nSPS) is 10.4. The lowest BCUT2D eigenvalue weighted by molar-refractivity contribution is 0.0847. The third-order valence-corrected chi connectivity index (χ3v) is 3.66. The predicted octanol–water partition coefficient (Wildman–Crippen LogP) is 2.93. The maximum absolute atomic E-state index is 12.5. The van der Waals surface area contributed by atoms with Crippen molar-refractivity contribution in [2.24, 2.45) is 0 Å². The van der Waals surface area contributed by atoms with E-state index in [4.69, 9.17) is 0 Å². The summed E-state index contributed by atoms with van der Waals surface area (Å²) in [6.07, 6.45) is 0. The van der Waals surface area contributed by atoms with Crippen LogP contribution in [0.25, 0.3) is 10.9 Å². The van der Waals surface area contributed by atoms with Gasteiger partial charge in [0, 0.05) is 16.6 Å².